The minimum Gasteiger partial charge on any atom is -0.508 e. The molecule has 1 aromatic rings. The van der Waals surface area contributed by atoms with Crippen molar-refractivity contribution in [1.29, 1.82) is 0 Å². The molecule has 2 atom stereocenters. The van der Waals surface area contributed by atoms with Crippen molar-refractivity contribution in [2.24, 2.45) is 5.92 Å². The molecule has 0 aliphatic heterocycles. The van der Waals surface area contributed by atoms with E-state index in [4.69, 9.17) is 0 Å². The molecule has 0 heterocycles. The molecule has 3 nitrogen and oxygen atoms in total. The highest BCUT2D eigenvalue weighted by Crippen LogP contribution is 2.31. The van der Waals surface area contributed by atoms with E-state index in [1.54, 1.807) is 12.1 Å². The molecule has 1 aliphatic rings. The molecular formula is C16H25NO2. The van der Waals surface area contributed by atoms with Crippen molar-refractivity contribution < 1.29 is 10.2 Å². The zero-order chi connectivity index (χ0) is 13.8. The molecule has 0 aromatic heterocycles. The van der Waals surface area contributed by atoms with E-state index in [0.717, 1.165) is 11.5 Å². The maximum absolute atomic E-state index is 9.88. The van der Waals surface area contributed by atoms with Crippen molar-refractivity contribution in [2.75, 3.05) is 0 Å². The summed E-state index contributed by atoms with van der Waals surface area (Å²) in [7, 11) is 0. The number of nitrogens with one attached hydrogen (secondary N) is 1. The van der Waals surface area contributed by atoms with Crippen molar-refractivity contribution in [2.45, 2.75) is 58.0 Å². The van der Waals surface area contributed by atoms with Gasteiger partial charge in [-0.1, -0.05) is 19.3 Å². The van der Waals surface area contributed by atoms with E-state index in [1.165, 1.54) is 38.2 Å². The maximum atomic E-state index is 9.88. The standard InChI is InChI=1S/C16H25NO2/c1-11(13-6-4-3-5-7-13)17-12(2)15-10-14(18)8-9-16(15)19/h8-13,17-19H,3-7H2,1-2H3/t11-,12?/m1/s1. The normalized spacial score (nSPS) is 20.1. The molecule has 19 heavy (non-hydrogen) atoms. The number of benzene rings is 1. The van der Waals surface area contributed by atoms with Crippen molar-refractivity contribution in [3.63, 3.8) is 0 Å². The Morgan fingerprint density at radius 3 is 2.47 bits per heavy atom. The van der Waals surface area contributed by atoms with Crippen LogP contribution in [-0.2, 0) is 0 Å². The predicted molar refractivity (Wildman–Crippen MR) is 77.4 cm³/mol. The topological polar surface area (TPSA) is 52.5 Å². The van der Waals surface area contributed by atoms with Crippen LogP contribution in [0.5, 0.6) is 11.5 Å². The van der Waals surface area contributed by atoms with Crippen LogP contribution in [0.1, 0.15) is 57.6 Å². The number of hydrogen-bond acceptors (Lipinski definition) is 3. The second kappa shape index (κ2) is 6.29. The zero-order valence-corrected chi connectivity index (χ0v) is 11.9. The van der Waals surface area contributed by atoms with Crippen LogP contribution in [0.25, 0.3) is 0 Å². The highest BCUT2D eigenvalue weighted by atomic mass is 16.3. The fraction of sp³-hybridized carbons (Fsp3) is 0.625. The van der Waals surface area contributed by atoms with Gasteiger partial charge in [-0.25, -0.2) is 0 Å². The summed E-state index contributed by atoms with van der Waals surface area (Å²) in [4.78, 5) is 0. The fourth-order valence-electron chi connectivity index (χ4n) is 3.14. The van der Waals surface area contributed by atoms with Gasteiger partial charge >= 0.3 is 0 Å². The summed E-state index contributed by atoms with van der Waals surface area (Å²) in [5, 5.41) is 23.0. The smallest absolute Gasteiger partial charge is 0.120 e. The monoisotopic (exact) mass is 263 g/mol. The van der Waals surface area contributed by atoms with Gasteiger partial charge in [0, 0.05) is 17.6 Å². The Morgan fingerprint density at radius 2 is 1.79 bits per heavy atom. The van der Waals surface area contributed by atoms with Gasteiger partial charge in [0.2, 0.25) is 0 Å². The Morgan fingerprint density at radius 1 is 1.11 bits per heavy atom. The summed E-state index contributed by atoms with van der Waals surface area (Å²) >= 11 is 0. The molecule has 1 aliphatic carbocycles. The summed E-state index contributed by atoms with van der Waals surface area (Å²) in [5.41, 5.74) is 0.766. The third-order valence-corrected chi connectivity index (χ3v) is 4.35. The van der Waals surface area contributed by atoms with Crippen LogP contribution in [0.2, 0.25) is 0 Å². The second-order valence-corrected chi connectivity index (χ2v) is 5.82. The van der Waals surface area contributed by atoms with Crippen molar-refractivity contribution in [1.82, 2.24) is 5.32 Å². The van der Waals surface area contributed by atoms with Crippen LogP contribution >= 0.6 is 0 Å². The van der Waals surface area contributed by atoms with Crippen LogP contribution in [0.4, 0.5) is 0 Å². The summed E-state index contributed by atoms with van der Waals surface area (Å²) in [6, 6.07) is 5.19. The number of aromatic hydroxyl groups is 2. The highest BCUT2D eigenvalue weighted by molar-refractivity contribution is 5.40. The molecule has 0 radical (unpaired) electrons. The van der Waals surface area contributed by atoms with Crippen LogP contribution in [0, 0.1) is 5.92 Å². The summed E-state index contributed by atoms with van der Waals surface area (Å²) in [6.07, 6.45) is 6.64. The third-order valence-electron chi connectivity index (χ3n) is 4.35. The first-order chi connectivity index (χ1) is 9.08. The van der Waals surface area contributed by atoms with Gasteiger partial charge in [-0.2, -0.15) is 0 Å². The average Bonchev–Trinajstić information content (AvgIpc) is 2.42. The molecule has 0 amide bonds. The second-order valence-electron chi connectivity index (χ2n) is 5.82. The Labute approximate surface area is 115 Å². The average molecular weight is 263 g/mol. The van der Waals surface area contributed by atoms with Gasteiger partial charge in [0.1, 0.15) is 11.5 Å². The van der Waals surface area contributed by atoms with E-state index in [9.17, 15) is 10.2 Å². The summed E-state index contributed by atoms with van der Waals surface area (Å²) < 4.78 is 0. The summed E-state index contributed by atoms with van der Waals surface area (Å²) in [5.74, 6) is 1.18. The Balaban J connectivity index is 1.99. The molecule has 3 N–H and O–H groups in total. The molecule has 1 fully saturated rings. The predicted octanol–water partition coefficient (Wildman–Crippen LogP) is 3.72. The van der Waals surface area contributed by atoms with Crippen LogP contribution < -0.4 is 5.32 Å². The van der Waals surface area contributed by atoms with E-state index in [-0.39, 0.29) is 17.5 Å². The van der Waals surface area contributed by atoms with Crippen molar-refractivity contribution in [3.8, 4) is 11.5 Å². The molecule has 0 bridgehead atoms. The van der Waals surface area contributed by atoms with Gasteiger partial charge in [0.25, 0.3) is 0 Å². The lowest BCUT2D eigenvalue weighted by molar-refractivity contribution is 0.267. The first kappa shape index (κ1) is 14.2. The van der Waals surface area contributed by atoms with Gasteiger partial charge in [0.15, 0.2) is 0 Å². The Kier molecular flexibility index (Phi) is 4.70. The Bertz CT molecular complexity index is 413. The molecule has 3 heteroatoms. The molecule has 1 saturated carbocycles. The van der Waals surface area contributed by atoms with Crippen molar-refractivity contribution >= 4 is 0 Å². The molecule has 2 rings (SSSR count). The molecular weight excluding hydrogens is 238 g/mol. The lowest BCUT2D eigenvalue weighted by Crippen LogP contribution is -2.36. The Hall–Kier alpha value is -1.22. The molecule has 1 unspecified atom stereocenters. The van der Waals surface area contributed by atoms with E-state index in [0.29, 0.717) is 6.04 Å². The van der Waals surface area contributed by atoms with Crippen LogP contribution in [-0.4, -0.2) is 16.3 Å². The first-order valence-corrected chi connectivity index (χ1v) is 7.36. The minimum absolute atomic E-state index is 0.0454. The van der Waals surface area contributed by atoms with E-state index in [2.05, 4.69) is 12.2 Å². The fourth-order valence-corrected chi connectivity index (χ4v) is 3.14. The number of rotatable bonds is 4. The molecule has 106 valence electrons. The van der Waals surface area contributed by atoms with E-state index >= 15 is 0 Å². The molecule has 0 saturated heterocycles. The van der Waals surface area contributed by atoms with Crippen LogP contribution in [0.15, 0.2) is 18.2 Å². The number of hydrogen-bond donors (Lipinski definition) is 3. The van der Waals surface area contributed by atoms with Gasteiger partial charge in [-0.05, 0) is 50.8 Å². The van der Waals surface area contributed by atoms with E-state index < -0.39 is 0 Å². The quantitative estimate of drug-likeness (QED) is 0.726. The SMILES string of the molecule is CC(N[C@H](C)C1CCCCC1)c1cc(O)ccc1O. The van der Waals surface area contributed by atoms with Gasteiger partial charge < -0.3 is 15.5 Å². The summed E-state index contributed by atoms with van der Waals surface area (Å²) in [6.45, 7) is 4.26. The van der Waals surface area contributed by atoms with Crippen molar-refractivity contribution in [3.05, 3.63) is 23.8 Å². The zero-order valence-electron chi connectivity index (χ0n) is 11.9. The van der Waals surface area contributed by atoms with Crippen LogP contribution in [0.3, 0.4) is 0 Å². The van der Waals surface area contributed by atoms with E-state index in [1.807, 2.05) is 6.92 Å². The maximum Gasteiger partial charge on any atom is 0.120 e. The number of phenolic OH excluding ortho intramolecular Hbond substituents is 2. The van der Waals surface area contributed by atoms with Gasteiger partial charge in [-0.3, -0.25) is 0 Å². The molecule has 0 spiro atoms. The third kappa shape index (κ3) is 3.63. The largest absolute Gasteiger partial charge is 0.508 e. The lowest BCUT2D eigenvalue weighted by Gasteiger charge is -2.31. The lowest BCUT2D eigenvalue weighted by atomic mass is 9.84. The van der Waals surface area contributed by atoms with Gasteiger partial charge in [-0.15, -0.1) is 0 Å². The van der Waals surface area contributed by atoms with Gasteiger partial charge in [0.05, 0.1) is 0 Å². The highest BCUT2D eigenvalue weighted by Gasteiger charge is 2.22. The first-order valence-electron chi connectivity index (χ1n) is 7.36. The number of phenols is 2. The minimum atomic E-state index is 0.0454. The molecule has 1 aromatic carbocycles.